The molecule has 0 amide bonds. The minimum absolute atomic E-state index is 0.0314. The van der Waals surface area contributed by atoms with Gasteiger partial charge in [0.15, 0.2) is 0 Å². The number of imidazole rings is 1. The van der Waals surface area contributed by atoms with Crippen molar-refractivity contribution in [1.29, 1.82) is 0 Å². The number of nitrogens with zero attached hydrogens (tertiary/aromatic N) is 2. The molecule has 0 spiro atoms. The molecule has 1 N–H and O–H groups in total. The zero-order chi connectivity index (χ0) is 15.2. The fourth-order valence-electron chi connectivity index (χ4n) is 2.38. The summed E-state index contributed by atoms with van der Waals surface area (Å²) in [6, 6.07) is 7.50. The van der Waals surface area contributed by atoms with E-state index in [1.54, 1.807) is 0 Å². The smallest absolute Gasteiger partial charge is 0.129 e. The van der Waals surface area contributed by atoms with Crippen LogP contribution in [0.2, 0.25) is 5.02 Å². The number of ether oxygens (including phenoxy) is 1. The largest absolute Gasteiger partial charge is 0.489 e. The van der Waals surface area contributed by atoms with Crippen LogP contribution in [0.15, 0.2) is 36.7 Å². The number of likely N-dealkylation sites (N-methyl/N-ethyl adjacent to an activating group) is 1. The lowest BCUT2D eigenvalue weighted by Crippen LogP contribution is -2.35. The van der Waals surface area contributed by atoms with Gasteiger partial charge in [-0.05, 0) is 38.6 Å². The third-order valence-corrected chi connectivity index (χ3v) is 3.61. The van der Waals surface area contributed by atoms with Crippen LogP contribution in [0.3, 0.4) is 0 Å². The highest BCUT2D eigenvalue weighted by Crippen LogP contribution is 2.23. The first kappa shape index (κ1) is 15.9. The standard InChI is InChI=1S/C16H22ClN3O/c1-4-18-15(16-19-9-10-20(16)5-2)12(3)21-14-8-6-7-13(17)11-14/h6-12,15,18H,4-5H2,1-3H3. The molecule has 2 atom stereocenters. The molecule has 1 heterocycles. The first-order valence-corrected chi connectivity index (χ1v) is 7.70. The number of hydrogen-bond acceptors (Lipinski definition) is 3. The normalized spacial score (nSPS) is 13.9. The lowest BCUT2D eigenvalue weighted by atomic mass is 10.1. The summed E-state index contributed by atoms with van der Waals surface area (Å²) in [5.41, 5.74) is 0. The van der Waals surface area contributed by atoms with Gasteiger partial charge in [0, 0.05) is 24.0 Å². The maximum Gasteiger partial charge on any atom is 0.129 e. The number of halogens is 1. The number of nitrogens with one attached hydrogen (secondary N) is 1. The zero-order valence-electron chi connectivity index (χ0n) is 12.7. The Balaban J connectivity index is 2.17. The molecule has 0 fully saturated rings. The van der Waals surface area contributed by atoms with Gasteiger partial charge in [0.1, 0.15) is 23.7 Å². The van der Waals surface area contributed by atoms with Gasteiger partial charge in [-0.2, -0.15) is 0 Å². The van der Waals surface area contributed by atoms with Crippen LogP contribution in [-0.4, -0.2) is 22.2 Å². The summed E-state index contributed by atoms with van der Waals surface area (Å²) in [7, 11) is 0. The van der Waals surface area contributed by atoms with E-state index in [4.69, 9.17) is 16.3 Å². The average molecular weight is 308 g/mol. The Labute approximate surface area is 131 Å². The average Bonchev–Trinajstić information content (AvgIpc) is 2.92. The Bertz CT molecular complexity index is 570. The maximum absolute atomic E-state index is 6.03. The van der Waals surface area contributed by atoms with Crippen LogP contribution in [0.4, 0.5) is 0 Å². The van der Waals surface area contributed by atoms with Crippen LogP contribution < -0.4 is 10.1 Å². The molecule has 4 nitrogen and oxygen atoms in total. The Morgan fingerprint density at radius 1 is 1.38 bits per heavy atom. The molecule has 0 aliphatic carbocycles. The summed E-state index contributed by atoms with van der Waals surface area (Å²) in [5, 5.41) is 4.13. The van der Waals surface area contributed by atoms with Gasteiger partial charge in [-0.1, -0.05) is 24.6 Å². The van der Waals surface area contributed by atoms with Crippen LogP contribution in [0.5, 0.6) is 5.75 Å². The van der Waals surface area contributed by atoms with Crippen LogP contribution in [0, 0.1) is 0 Å². The van der Waals surface area contributed by atoms with Crippen LogP contribution >= 0.6 is 11.6 Å². The van der Waals surface area contributed by atoms with Crippen LogP contribution in [-0.2, 0) is 6.54 Å². The Kier molecular flexibility index (Phi) is 5.65. The molecule has 0 saturated heterocycles. The highest BCUT2D eigenvalue weighted by Gasteiger charge is 2.24. The van der Waals surface area contributed by atoms with Gasteiger partial charge in [-0.15, -0.1) is 0 Å². The summed E-state index contributed by atoms with van der Waals surface area (Å²) in [4.78, 5) is 4.48. The number of rotatable bonds is 7. The van der Waals surface area contributed by atoms with Crippen molar-refractivity contribution in [2.45, 2.75) is 39.5 Å². The van der Waals surface area contributed by atoms with Gasteiger partial charge >= 0.3 is 0 Å². The topological polar surface area (TPSA) is 39.1 Å². The van der Waals surface area contributed by atoms with E-state index >= 15 is 0 Å². The van der Waals surface area contributed by atoms with Crippen molar-refractivity contribution in [3.63, 3.8) is 0 Å². The first-order chi connectivity index (χ1) is 10.2. The van der Waals surface area contributed by atoms with Crippen LogP contribution in [0.25, 0.3) is 0 Å². The summed E-state index contributed by atoms with van der Waals surface area (Å²) in [6.45, 7) is 7.98. The summed E-state index contributed by atoms with van der Waals surface area (Å²) in [6.07, 6.45) is 3.76. The lowest BCUT2D eigenvalue weighted by molar-refractivity contribution is 0.165. The van der Waals surface area contributed by atoms with E-state index in [1.165, 1.54) is 0 Å². The van der Waals surface area contributed by atoms with E-state index in [-0.39, 0.29) is 12.1 Å². The van der Waals surface area contributed by atoms with E-state index in [9.17, 15) is 0 Å². The van der Waals surface area contributed by atoms with Crippen molar-refractivity contribution < 1.29 is 4.74 Å². The molecule has 2 aromatic rings. The minimum atomic E-state index is -0.0592. The predicted molar refractivity (Wildman–Crippen MR) is 85.9 cm³/mol. The molecular weight excluding hydrogens is 286 g/mol. The van der Waals surface area contributed by atoms with Crippen molar-refractivity contribution in [2.75, 3.05) is 6.54 Å². The molecule has 2 unspecified atom stereocenters. The molecule has 5 heteroatoms. The van der Waals surface area contributed by atoms with Crippen LogP contribution in [0.1, 0.15) is 32.6 Å². The summed E-state index contributed by atoms with van der Waals surface area (Å²) in [5.74, 6) is 1.77. The number of benzene rings is 1. The predicted octanol–water partition coefficient (Wildman–Crippen LogP) is 3.67. The second-order valence-corrected chi connectivity index (χ2v) is 5.32. The Morgan fingerprint density at radius 2 is 2.19 bits per heavy atom. The molecule has 0 saturated carbocycles. The van der Waals surface area contributed by atoms with E-state index in [2.05, 4.69) is 28.7 Å². The van der Waals surface area contributed by atoms with Gasteiger partial charge in [0.2, 0.25) is 0 Å². The molecule has 2 rings (SSSR count). The number of hydrogen-bond donors (Lipinski definition) is 1. The lowest BCUT2D eigenvalue weighted by Gasteiger charge is -2.26. The summed E-state index contributed by atoms with van der Waals surface area (Å²) >= 11 is 6.00. The zero-order valence-corrected chi connectivity index (χ0v) is 13.5. The Hall–Kier alpha value is -1.52. The quantitative estimate of drug-likeness (QED) is 0.848. The fourth-order valence-corrected chi connectivity index (χ4v) is 2.56. The van der Waals surface area contributed by atoms with Crippen molar-refractivity contribution >= 4 is 11.6 Å². The first-order valence-electron chi connectivity index (χ1n) is 7.32. The molecular formula is C16H22ClN3O. The third kappa shape index (κ3) is 3.99. The molecule has 0 bridgehead atoms. The molecule has 1 aromatic heterocycles. The molecule has 114 valence electrons. The van der Waals surface area contributed by atoms with Gasteiger partial charge in [0.25, 0.3) is 0 Å². The van der Waals surface area contributed by atoms with Gasteiger partial charge < -0.3 is 14.6 Å². The van der Waals surface area contributed by atoms with Gasteiger partial charge in [-0.3, -0.25) is 0 Å². The van der Waals surface area contributed by atoms with Crippen molar-refractivity contribution in [3.05, 3.63) is 47.5 Å². The third-order valence-electron chi connectivity index (χ3n) is 3.38. The van der Waals surface area contributed by atoms with E-state index in [0.717, 1.165) is 24.7 Å². The van der Waals surface area contributed by atoms with Gasteiger partial charge in [0.05, 0.1) is 0 Å². The number of aromatic nitrogens is 2. The molecule has 0 aliphatic rings. The minimum Gasteiger partial charge on any atom is -0.489 e. The summed E-state index contributed by atoms with van der Waals surface area (Å²) < 4.78 is 8.16. The highest BCUT2D eigenvalue weighted by molar-refractivity contribution is 6.30. The second-order valence-electron chi connectivity index (χ2n) is 4.89. The Morgan fingerprint density at radius 3 is 2.86 bits per heavy atom. The second kappa shape index (κ2) is 7.48. The van der Waals surface area contributed by atoms with Crippen molar-refractivity contribution in [3.8, 4) is 5.75 Å². The molecule has 0 aliphatic heterocycles. The molecule has 1 aromatic carbocycles. The maximum atomic E-state index is 6.03. The SMILES string of the molecule is CCNC(c1nccn1CC)C(C)Oc1cccc(Cl)c1. The fraction of sp³-hybridized carbons (Fsp3) is 0.438. The van der Waals surface area contributed by atoms with Crippen molar-refractivity contribution in [1.82, 2.24) is 14.9 Å². The van der Waals surface area contributed by atoms with Gasteiger partial charge in [-0.25, -0.2) is 4.98 Å². The number of aryl methyl sites for hydroxylation is 1. The van der Waals surface area contributed by atoms with Crippen molar-refractivity contribution in [2.24, 2.45) is 0 Å². The molecule has 0 radical (unpaired) electrons. The van der Waals surface area contributed by atoms with E-state index in [1.807, 2.05) is 43.6 Å². The van der Waals surface area contributed by atoms with E-state index in [0.29, 0.717) is 5.02 Å². The molecule has 21 heavy (non-hydrogen) atoms. The highest BCUT2D eigenvalue weighted by atomic mass is 35.5. The van der Waals surface area contributed by atoms with E-state index < -0.39 is 0 Å². The monoisotopic (exact) mass is 307 g/mol.